The third-order valence-corrected chi connectivity index (χ3v) is 8.82. The summed E-state index contributed by atoms with van der Waals surface area (Å²) in [7, 11) is 3.30. The van der Waals surface area contributed by atoms with Gasteiger partial charge in [0.05, 0.1) is 24.5 Å². The van der Waals surface area contributed by atoms with Crippen LogP contribution in [-0.4, -0.2) is 90.3 Å². The van der Waals surface area contributed by atoms with Crippen molar-refractivity contribution in [3.05, 3.63) is 49.6 Å². The smallest absolute Gasteiger partial charge is 0.253 e. The van der Waals surface area contributed by atoms with Gasteiger partial charge < -0.3 is 29.3 Å². The van der Waals surface area contributed by atoms with Crippen molar-refractivity contribution in [3.63, 3.8) is 0 Å². The standard InChI is InChI=1S/C31H43N3O6/c1-6-18-32(4)27(36)24-25-28(37)34(20-10-8-9-11-21-35)26(31(25)17-16-30(24,3)40-31)29(38)33(19-7-2)22-12-14-23(39-5)15-13-22/h6-7,12-15,24-26,35H,1-2,8-11,16-21H2,3-5H3/t24-,25-,26?,30+,31?/m0/s1. The van der Waals surface area contributed by atoms with Gasteiger partial charge in [-0.25, -0.2) is 0 Å². The van der Waals surface area contributed by atoms with Gasteiger partial charge in [-0.15, -0.1) is 13.2 Å². The zero-order valence-electron chi connectivity index (χ0n) is 24.0. The molecular weight excluding hydrogens is 510 g/mol. The molecule has 2 unspecified atom stereocenters. The number of nitrogens with zero attached hydrogens (tertiary/aromatic N) is 3. The monoisotopic (exact) mass is 553 g/mol. The molecule has 3 heterocycles. The van der Waals surface area contributed by atoms with Crippen LogP contribution in [0.5, 0.6) is 5.75 Å². The molecule has 0 aromatic heterocycles. The van der Waals surface area contributed by atoms with E-state index in [1.54, 1.807) is 53.1 Å². The first kappa shape index (κ1) is 29.8. The lowest BCUT2D eigenvalue weighted by molar-refractivity contribution is -0.149. The Hall–Kier alpha value is -3.17. The molecule has 0 aliphatic carbocycles. The molecule has 3 aliphatic heterocycles. The lowest BCUT2D eigenvalue weighted by atomic mass is 9.66. The molecule has 9 nitrogen and oxygen atoms in total. The van der Waals surface area contributed by atoms with E-state index in [2.05, 4.69) is 13.2 Å². The minimum atomic E-state index is -1.09. The van der Waals surface area contributed by atoms with Gasteiger partial charge >= 0.3 is 0 Å². The Bertz CT molecular complexity index is 1120. The maximum atomic E-state index is 14.6. The number of ether oxygens (including phenoxy) is 2. The second-order valence-corrected chi connectivity index (χ2v) is 11.3. The second-order valence-electron chi connectivity index (χ2n) is 11.3. The zero-order chi connectivity index (χ0) is 29.1. The van der Waals surface area contributed by atoms with Crippen LogP contribution < -0.4 is 9.64 Å². The molecule has 0 radical (unpaired) electrons. The lowest BCUT2D eigenvalue weighted by Gasteiger charge is -2.37. The van der Waals surface area contributed by atoms with E-state index in [1.807, 2.05) is 19.1 Å². The number of aliphatic hydroxyl groups excluding tert-OH is 1. The first-order chi connectivity index (χ1) is 19.2. The maximum absolute atomic E-state index is 14.6. The van der Waals surface area contributed by atoms with E-state index in [0.717, 1.165) is 12.8 Å². The fourth-order valence-electron chi connectivity index (χ4n) is 6.95. The number of aliphatic hydroxyl groups is 1. The van der Waals surface area contributed by atoms with Crippen LogP contribution in [0.2, 0.25) is 0 Å². The van der Waals surface area contributed by atoms with Gasteiger partial charge in [-0.2, -0.15) is 0 Å². The average Bonchev–Trinajstić information content (AvgIpc) is 3.51. The predicted octanol–water partition coefficient (Wildman–Crippen LogP) is 3.18. The van der Waals surface area contributed by atoms with Gasteiger partial charge in [-0.1, -0.05) is 25.0 Å². The number of rotatable bonds is 14. The molecule has 0 saturated carbocycles. The summed E-state index contributed by atoms with van der Waals surface area (Å²) in [6.07, 6.45) is 7.48. The molecule has 2 bridgehead atoms. The van der Waals surface area contributed by atoms with Crippen molar-refractivity contribution in [1.29, 1.82) is 0 Å². The topological polar surface area (TPSA) is 99.6 Å². The van der Waals surface area contributed by atoms with Gasteiger partial charge in [0.2, 0.25) is 11.8 Å². The van der Waals surface area contributed by atoms with Crippen LogP contribution in [0, 0.1) is 11.8 Å². The highest BCUT2D eigenvalue weighted by Gasteiger charge is 2.78. The quantitative estimate of drug-likeness (QED) is 0.281. The molecule has 1 N–H and O–H groups in total. The van der Waals surface area contributed by atoms with Crippen molar-refractivity contribution in [2.45, 2.75) is 62.7 Å². The van der Waals surface area contributed by atoms with Gasteiger partial charge in [-0.05, 0) is 56.9 Å². The lowest BCUT2D eigenvalue weighted by Crippen LogP contribution is -2.56. The molecular formula is C31H43N3O6. The molecule has 5 atom stereocenters. The van der Waals surface area contributed by atoms with E-state index in [1.165, 1.54) is 0 Å². The number of anilines is 1. The fraction of sp³-hybridized carbons (Fsp3) is 0.581. The predicted molar refractivity (Wildman–Crippen MR) is 153 cm³/mol. The van der Waals surface area contributed by atoms with Crippen molar-refractivity contribution in [3.8, 4) is 5.75 Å². The number of likely N-dealkylation sites (N-methyl/N-ethyl adjacent to an activating group) is 1. The average molecular weight is 554 g/mol. The molecule has 40 heavy (non-hydrogen) atoms. The number of fused-ring (bicyclic) bond motifs is 1. The zero-order valence-corrected chi connectivity index (χ0v) is 24.0. The van der Waals surface area contributed by atoms with Gasteiger partial charge in [0.1, 0.15) is 17.4 Å². The summed E-state index contributed by atoms with van der Waals surface area (Å²) in [4.78, 5) is 47.4. The number of carbonyl (C=O) groups excluding carboxylic acids is 3. The Kier molecular flexibility index (Phi) is 9.05. The summed E-state index contributed by atoms with van der Waals surface area (Å²) in [6.45, 7) is 10.6. The van der Waals surface area contributed by atoms with Crippen molar-refractivity contribution in [2.75, 3.05) is 45.3 Å². The van der Waals surface area contributed by atoms with E-state index < -0.39 is 29.1 Å². The SMILES string of the molecule is C=CCN(C)C(=O)[C@@H]1[C@H]2C(=O)N(CCCCCCO)C(C(=O)N(CC=C)c3ccc(OC)cc3)C23CC[C@@]1(C)O3. The van der Waals surface area contributed by atoms with Gasteiger partial charge in [0.25, 0.3) is 5.91 Å². The maximum Gasteiger partial charge on any atom is 0.253 e. The Morgan fingerprint density at radius 3 is 2.40 bits per heavy atom. The summed E-state index contributed by atoms with van der Waals surface area (Å²) in [5.41, 5.74) is -1.25. The number of carbonyl (C=O) groups is 3. The van der Waals surface area contributed by atoms with Crippen molar-refractivity contribution in [2.24, 2.45) is 11.8 Å². The minimum Gasteiger partial charge on any atom is -0.497 e. The van der Waals surface area contributed by atoms with E-state index >= 15 is 0 Å². The third-order valence-electron chi connectivity index (χ3n) is 8.82. The molecule has 4 rings (SSSR count). The number of likely N-dealkylation sites (tertiary alicyclic amines) is 1. The fourth-order valence-corrected chi connectivity index (χ4v) is 6.95. The number of unbranched alkanes of at least 4 members (excludes halogenated alkanes) is 3. The number of benzene rings is 1. The molecule has 3 saturated heterocycles. The molecule has 3 amide bonds. The van der Waals surface area contributed by atoms with Crippen molar-refractivity contribution < 1.29 is 29.0 Å². The second kappa shape index (κ2) is 12.1. The van der Waals surface area contributed by atoms with E-state index in [9.17, 15) is 14.4 Å². The highest BCUT2D eigenvalue weighted by molar-refractivity contribution is 6.05. The van der Waals surface area contributed by atoms with Crippen LogP contribution in [-0.2, 0) is 19.1 Å². The molecule has 9 heteroatoms. The largest absolute Gasteiger partial charge is 0.497 e. The van der Waals surface area contributed by atoms with Crippen LogP contribution >= 0.6 is 0 Å². The van der Waals surface area contributed by atoms with Crippen molar-refractivity contribution in [1.82, 2.24) is 9.80 Å². The Morgan fingerprint density at radius 2 is 1.77 bits per heavy atom. The third kappa shape index (κ3) is 5.05. The van der Waals surface area contributed by atoms with Gasteiger partial charge in [-0.3, -0.25) is 14.4 Å². The van der Waals surface area contributed by atoms with Crippen LogP contribution in [0.1, 0.15) is 45.4 Å². The molecule has 1 aromatic carbocycles. The Labute approximate surface area is 237 Å². The van der Waals surface area contributed by atoms with E-state index in [4.69, 9.17) is 14.6 Å². The van der Waals surface area contributed by atoms with E-state index in [0.29, 0.717) is 50.2 Å². The highest BCUT2D eigenvalue weighted by Crippen LogP contribution is 2.63. The number of methoxy groups -OCH3 is 1. The number of amides is 3. The molecule has 3 fully saturated rings. The van der Waals surface area contributed by atoms with E-state index in [-0.39, 0.29) is 30.9 Å². The summed E-state index contributed by atoms with van der Waals surface area (Å²) >= 11 is 0. The van der Waals surface area contributed by atoms with Gasteiger partial charge in [0.15, 0.2) is 0 Å². The highest BCUT2D eigenvalue weighted by atomic mass is 16.5. The first-order valence-electron chi connectivity index (χ1n) is 14.2. The summed E-state index contributed by atoms with van der Waals surface area (Å²) < 4.78 is 12.0. The summed E-state index contributed by atoms with van der Waals surface area (Å²) in [5.74, 6) is -1.34. The van der Waals surface area contributed by atoms with Crippen LogP contribution in [0.15, 0.2) is 49.6 Å². The Morgan fingerprint density at radius 1 is 1.10 bits per heavy atom. The summed E-state index contributed by atoms with van der Waals surface area (Å²) in [5, 5.41) is 9.17. The van der Waals surface area contributed by atoms with Crippen LogP contribution in [0.25, 0.3) is 0 Å². The van der Waals surface area contributed by atoms with Gasteiger partial charge in [0, 0.05) is 39.0 Å². The number of hydrogen-bond donors (Lipinski definition) is 1. The minimum absolute atomic E-state index is 0.127. The van der Waals surface area contributed by atoms with Crippen molar-refractivity contribution >= 4 is 23.4 Å². The molecule has 218 valence electrons. The molecule has 1 spiro atoms. The van der Waals surface area contributed by atoms with Crippen LogP contribution in [0.4, 0.5) is 5.69 Å². The number of hydrogen-bond acceptors (Lipinski definition) is 6. The molecule has 3 aliphatic rings. The van der Waals surface area contributed by atoms with Crippen LogP contribution in [0.3, 0.4) is 0 Å². The Balaban J connectivity index is 1.74. The summed E-state index contributed by atoms with van der Waals surface area (Å²) in [6, 6.07) is 6.35. The molecule has 1 aromatic rings. The first-order valence-corrected chi connectivity index (χ1v) is 14.2. The normalized spacial score (nSPS) is 28.4.